The van der Waals surface area contributed by atoms with Crippen molar-refractivity contribution in [3.05, 3.63) is 63.7 Å². The van der Waals surface area contributed by atoms with Gasteiger partial charge < -0.3 is 9.64 Å². The maximum Gasteiger partial charge on any atom is 0.255 e. The number of benzene rings is 2. The number of hydrogen-bond acceptors (Lipinski definition) is 6. The summed E-state index contributed by atoms with van der Waals surface area (Å²) < 4.78 is 6.54. The van der Waals surface area contributed by atoms with E-state index < -0.39 is 11.9 Å². The van der Waals surface area contributed by atoms with Gasteiger partial charge in [-0.1, -0.05) is 24.1 Å². The zero-order chi connectivity index (χ0) is 26.4. The molecule has 1 aliphatic carbocycles. The number of nitriles is 1. The van der Waals surface area contributed by atoms with Crippen molar-refractivity contribution in [2.45, 2.75) is 69.2 Å². The minimum atomic E-state index is -0.622. The first-order valence-electron chi connectivity index (χ1n) is 13.3. The number of amides is 3. The van der Waals surface area contributed by atoms with Gasteiger partial charge in [-0.2, -0.15) is 5.26 Å². The second-order valence-electron chi connectivity index (χ2n) is 10.7. The third-order valence-corrected chi connectivity index (χ3v) is 8.73. The first-order chi connectivity index (χ1) is 18.4. The van der Waals surface area contributed by atoms with E-state index in [0.29, 0.717) is 41.1 Å². The molecule has 1 N–H and O–H groups in total. The molecule has 0 aromatic heterocycles. The summed E-state index contributed by atoms with van der Waals surface area (Å²) in [5.74, 6) is 0.221. The normalized spacial score (nSPS) is 25.9. The van der Waals surface area contributed by atoms with Crippen LogP contribution in [0, 0.1) is 11.3 Å². The lowest BCUT2D eigenvalue weighted by Gasteiger charge is -2.48. The second kappa shape index (κ2) is 10.0. The van der Waals surface area contributed by atoms with Crippen molar-refractivity contribution in [3.63, 3.8) is 0 Å². The molecule has 3 fully saturated rings. The van der Waals surface area contributed by atoms with Crippen molar-refractivity contribution in [1.29, 1.82) is 5.26 Å². The number of imide groups is 1. The summed E-state index contributed by atoms with van der Waals surface area (Å²) in [7, 11) is 0. The number of likely N-dealkylation sites (tertiary alicyclic amines) is 1. The molecule has 6 rings (SSSR count). The third-order valence-electron chi connectivity index (χ3n) is 8.40. The number of nitrogens with zero attached hydrogens (tertiary/aromatic N) is 3. The Kier molecular flexibility index (Phi) is 6.58. The van der Waals surface area contributed by atoms with Gasteiger partial charge in [0.15, 0.2) is 0 Å². The van der Waals surface area contributed by atoms with Crippen molar-refractivity contribution in [2.24, 2.45) is 0 Å². The maximum absolute atomic E-state index is 13.0. The highest BCUT2D eigenvalue weighted by atomic mass is 35.5. The highest BCUT2D eigenvalue weighted by Crippen LogP contribution is 2.38. The summed E-state index contributed by atoms with van der Waals surface area (Å²) in [6.07, 6.45) is 4.98. The maximum atomic E-state index is 13.0. The van der Waals surface area contributed by atoms with E-state index in [9.17, 15) is 14.4 Å². The van der Waals surface area contributed by atoms with Gasteiger partial charge in [-0.15, -0.1) is 0 Å². The van der Waals surface area contributed by atoms with Gasteiger partial charge in [0.1, 0.15) is 17.9 Å². The Labute approximate surface area is 226 Å². The fraction of sp³-hybridized carbons (Fsp3) is 0.448. The van der Waals surface area contributed by atoms with E-state index in [1.165, 1.54) is 6.42 Å². The van der Waals surface area contributed by atoms with E-state index in [1.54, 1.807) is 17.0 Å². The molecule has 0 radical (unpaired) electrons. The van der Waals surface area contributed by atoms with Gasteiger partial charge in [0.05, 0.1) is 11.6 Å². The van der Waals surface area contributed by atoms with Crippen LogP contribution in [0.4, 0.5) is 0 Å². The van der Waals surface area contributed by atoms with Gasteiger partial charge in [-0.3, -0.25) is 24.6 Å². The first kappa shape index (κ1) is 24.9. The molecule has 3 aliphatic heterocycles. The van der Waals surface area contributed by atoms with Crippen molar-refractivity contribution in [3.8, 4) is 11.8 Å². The minimum absolute atomic E-state index is 0.0579. The summed E-state index contributed by atoms with van der Waals surface area (Å²) in [5.41, 5.74) is 3.11. The molecule has 0 spiro atoms. The smallest absolute Gasteiger partial charge is 0.255 e. The van der Waals surface area contributed by atoms with E-state index in [0.717, 1.165) is 49.2 Å². The Morgan fingerprint density at radius 3 is 2.61 bits per heavy atom. The molecule has 38 heavy (non-hydrogen) atoms. The van der Waals surface area contributed by atoms with Crippen LogP contribution < -0.4 is 10.1 Å². The molecule has 3 atom stereocenters. The van der Waals surface area contributed by atoms with Crippen molar-refractivity contribution in [2.75, 3.05) is 13.1 Å². The summed E-state index contributed by atoms with van der Waals surface area (Å²) in [6.45, 7) is 2.16. The number of hydrogen-bond donors (Lipinski definition) is 1. The average Bonchev–Trinajstić information content (AvgIpc) is 3.20. The van der Waals surface area contributed by atoms with Crippen molar-refractivity contribution in [1.82, 2.24) is 15.1 Å². The Bertz CT molecular complexity index is 1350. The quantitative estimate of drug-likeness (QED) is 0.588. The summed E-state index contributed by atoms with van der Waals surface area (Å²) in [4.78, 5) is 40.9. The van der Waals surface area contributed by atoms with E-state index in [4.69, 9.17) is 21.6 Å². The standard InChI is InChI=1S/C29H29ClN4O4/c30-23-11-17(13-31)5-7-21(23)19-14-33(15-19)24-3-1-2-4-26(24)38-20-6-8-22-18(12-20)16-34(29(22)37)25-9-10-27(35)32-28(25)36/h5-8,11-12,19,24-26H,1-4,9-10,14-16H2,(H,32,35,36). The average molecular weight is 533 g/mol. The SMILES string of the molecule is N#Cc1ccc(C2CN(C3CCCCC3Oc3ccc4c(c3)CN(C3CCC(=O)NC3=O)C4=O)C2)c(Cl)c1. The molecular formula is C29H29ClN4O4. The van der Waals surface area contributed by atoms with Gasteiger partial charge in [0.2, 0.25) is 11.8 Å². The lowest BCUT2D eigenvalue weighted by Crippen LogP contribution is -2.57. The number of fused-ring (bicyclic) bond motifs is 1. The number of piperidine rings is 1. The third kappa shape index (κ3) is 4.55. The van der Waals surface area contributed by atoms with Crippen LogP contribution in [0.2, 0.25) is 5.02 Å². The van der Waals surface area contributed by atoms with Crippen molar-refractivity contribution < 1.29 is 19.1 Å². The lowest BCUT2D eigenvalue weighted by atomic mass is 9.84. The fourth-order valence-corrected chi connectivity index (χ4v) is 6.67. The predicted octanol–water partition coefficient (Wildman–Crippen LogP) is 3.76. The van der Waals surface area contributed by atoms with Gasteiger partial charge in [-0.05, 0) is 67.1 Å². The minimum Gasteiger partial charge on any atom is -0.489 e. The topological polar surface area (TPSA) is 103 Å². The molecule has 3 amide bonds. The monoisotopic (exact) mass is 532 g/mol. The van der Waals surface area contributed by atoms with E-state index >= 15 is 0 Å². The van der Waals surface area contributed by atoms with Gasteiger partial charge in [-0.25, -0.2) is 0 Å². The molecule has 3 unspecified atom stereocenters. The van der Waals surface area contributed by atoms with E-state index in [2.05, 4.69) is 16.3 Å². The molecule has 2 saturated heterocycles. The number of ether oxygens (including phenoxy) is 1. The van der Waals surface area contributed by atoms with Gasteiger partial charge >= 0.3 is 0 Å². The summed E-state index contributed by atoms with van der Waals surface area (Å²) >= 11 is 6.46. The molecule has 2 aromatic carbocycles. The zero-order valence-corrected chi connectivity index (χ0v) is 21.7. The van der Waals surface area contributed by atoms with Crippen LogP contribution in [0.1, 0.15) is 71.5 Å². The van der Waals surface area contributed by atoms with Crippen LogP contribution >= 0.6 is 11.6 Å². The Morgan fingerprint density at radius 2 is 1.84 bits per heavy atom. The first-order valence-corrected chi connectivity index (χ1v) is 13.7. The Hall–Kier alpha value is -3.41. The molecule has 9 heteroatoms. The molecule has 4 aliphatic rings. The number of rotatable bonds is 5. The van der Waals surface area contributed by atoms with Crippen LogP contribution in [0.3, 0.4) is 0 Å². The largest absolute Gasteiger partial charge is 0.489 e. The lowest BCUT2D eigenvalue weighted by molar-refractivity contribution is -0.136. The Balaban J connectivity index is 1.11. The van der Waals surface area contributed by atoms with Crippen LogP contribution in [-0.4, -0.2) is 58.8 Å². The molecular weight excluding hydrogens is 504 g/mol. The number of halogens is 1. The zero-order valence-electron chi connectivity index (χ0n) is 21.0. The summed E-state index contributed by atoms with van der Waals surface area (Å²) in [5, 5.41) is 12.1. The van der Waals surface area contributed by atoms with Crippen molar-refractivity contribution >= 4 is 29.3 Å². The van der Waals surface area contributed by atoms with E-state index in [-0.39, 0.29) is 24.3 Å². The molecule has 8 nitrogen and oxygen atoms in total. The van der Waals surface area contributed by atoms with Gasteiger partial charge in [0.25, 0.3) is 5.91 Å². The van der Waals surface area contributed by atoms with Crippen LogP contribution in [0.5, 0.6) is 5.75 Å². The second-order valence-corrected chi connectivity index (χ2v) is 11.1. The highest BCUT2D eigenvalue weighted by Gasteiger charge is 2.41. The van der Waals surface area contributed by atoms with Crippen LogP contribution in [-0.2, 0) is 16.1 Å². The van der Waals surface area contributed by atoms with Crippen LogP contribution in [0.15, 0.2) is 36.4 Å². The molecule has 2 aromatic rings. The highest BCUT2D eigenvalue weighted by molar-refractivity contribution is 6.31. The van der Waals surface area contributed by atoms with Crippen LogP contribution in [0.25, 0.3) is 0 Å². The Morgan fingerprint density at radius 1 is 1.03 bits per heavy atom. The number of carbonyl (C=O) groups is 3. The molecule has 3 heterocycles. The van der Waals surface area contributed by atoms with Gasteiger partial charge in [0, 0.05) is 48.6 Å². The fourth-order valence-electron chi connectivity index (χ4n) is 6.34. The number of carbonyl (C=O) groups excluding carboxylic acids is 3. The molecule has 196 valence electrons. The molecule has 1 saturated carbocycles. The summed E-state index contributed by atoms with van der Waals surface area (Å²) in [6, 6.07) is 13.0. The molecule has 0 bridgehead atoms. The number of nitrogens with one attached hydrogen (secondary N) is 1. The predicted molar refractivity (Wildman–Crippen MR) is 140 cm³/mol. The van der Waals surface area contributed by atoms with E-state index in [1.807, 2.05) is 24.3 Å².